The van der Waals surface area contributed by atoms with Crippen molar-refractivity contribution >= 4 is 35.0 Å². The molecule has 2 rings (SSSR count). The van der Waals surface area contributed by atoms with Crippen LogP contribution < -0.4 is 5.32 Å². The molecule has 0 heterocycles. The number of hydrogen-bond acceptors (Lipinski definition) is 2. The minimum absolute atomic E-state index is 0.131. The molecule has 0 bridgehead atoms. The van der Waals surface area contributed by atoms with Crippen LogP contribution in [-0.4, -0.2) is 29.3 Å². The van der Waals surface area contributed by atoms with Gasteiger partial charge in [-0.1, -0.05) is 67.4 Å². The largest absolute Gasteiger partial charge is 0.354 e. The topological polar surface area (TPSA) is 49.4 Å². The average molecular weight is 435 g/mol. The van der Waals surface area contributed by atoms with Crippen molar-refractivity contribution in [2.24, 2.45) is 0 Å². The Labute approximate surface area is 183 Å². The van der Waals surface area contributed by atoms with E-state index in [0.29, 0.717) is 28.6 Å². The molecule has 0 saturated heterocycles. The van der Waals surface area contributed by atoms with Gasteiger partial charge in [0, 0.05) is 28.7 Å². The lowest BCUT2D eigenvalue weighted by molar-refractivity contribution is -0.140. The van der Waals surface area contributed by atoms with Crippen LogP contribution in [0.5, 0.6) is 0 Å². The molecule has 0 saturated carbocycles. The summed E-state index contributed by atoms with van der Waals surface area (Å²) >= 11 is 12.7. The third-order valence-corrected chi connectivity index (χ3v) is 5.64. The Balaban J connectivity index is 2.36. The summed E-state index contributed by atoms with van der Waals surface area (Å²) in [5, 5.41) is 3.87. The quantitative estimate of drug-likeness (QED) is 0.590. The molecular formula is C23H28Cl2N2O2. The molecular weight excluding hydrogens is 407 g/mol. The van der Waals surface area contributed by atoms with Gasteiger partial charge in [-0.15, -0.1) is 0 Å². The van der Waals surface area contributed by atoms with Gasteiger partial charge in [0.25, 0.3) is 0 Å². The molecule has 2 aromatic rings. The number of benzene rings is 2. The van der Waals surface area contributed by atoms with Crippen molar-refractivity contribution in [1.29, 1.82) is 0 Å². The number of aryl methyl sites for hydroxylation is 1. The number of rotatable bonds is 9. The number of carbonyl (C=O) groups excluding carboxylic acids is 2. The van der Waals surface area contributed by atoms with E-state index in [1.54, 1.807) is 23.1 Å². The van der Waals surface area contributed by atoms with Gasteiger partial charge in [0.1, 0.15) is 6.04 Å². The lowest BCUT2D eigenvalue weighted by atomic mass is 10.0. The molecule has 4 nitrogen and oxygen atoms in total. The third-order valence-electron chi connectivity index (χ3n) is 4.93. The second kappa shape index (κ2) is 11.2. The van der Waals surface area contributed by atoms with Crippen LogP contribution in [0.3, 0.4) is 0 Å². The second-order valence-electron chi connectivity index (χ2n) is 7.04. The van der Waals surface area contributed by atoms with Crippen molar-refractivity contribution in [3.63, 3.8) is 0 Å². The lowest BCUT2D eigenvalue weighted by Gasteiger charge is -2.31. The molecule has 29 heavy (non-hydrogen) atoms. The first-order valence-corrected chi connectivity index (χ1v) is 10.7. The van der Waals surface area contributed by atoms with Crippen LogP contribution >= 0.6 is 23.2 Å². The van der Waals surface area contributed by atoms with Crippen LogP contribution in [0.25, 0.3) is 0 Å². The SMILES string of the molecule is CCCNC(=O)[C@@H](CC)N(Cc1c(Cl)cccc1Cl)C(=O)Cc1ccccc1C. The monoisotopic (exact) mass is 434 g/mol. The van der Waals surface area contributed by atoms with Crippen LogP contribution in [0.15, 0.2) is 42.5 Å². The van der Waals surface area contributed by atoms with Gasteiger partial charge in [-0.25, -0.2) is 0 Å². The van der Waals surface area contributed by atoms with E-state index >= 15 is 0 Å². The predicted octanol–water partition coefficient (Wildman–Crippen LogP) is 5.18. The third kappa shape index (κ3) is 6.22. The molecule has 1 atom stereocenters. The summed E-state index contributed by atoms with van der Waals surface area (Å²) in [4.78, 5) is 27.7. The van der Waals surface area contributed by atoms with Gasteiger partial charge in [0.15, 0.2) is 0 Å². The highest BCUT2D eigenvalue weighted by atomic mass is 35.5. The number of nitrogens with zero attached hydrogens (tertiary/aromatic N) is 1. The van der Waals surface area contributed by atoms with Crippen molar-refractivity contribution in [2.75, 3.05) is 6.54 Å². The molecule has 0 radical (unpaired) electrons. The van der Waals surface area contributed by atoms with Crippen molar-refractivity contribution in [3.05, 3.63) is 69.2 Å². The maximum atomic E-state index is 13.3. The van der Waals surface area contributed by atoms with E-state index in [9.17, 15) is 9.59 Å². The Morgan fingerprint density at radius 2 is 1.69 bits per heavy atom. The standard InChI is InChI=1S/C23H28Cl2N2O2/c1-4-13-26-23(29)21(5-2)27(15-18-19(24)11-8-12-20(18)25)22(28)14-17-10-7-6-9-16(17)3/h6-12,21H,4-5,13-15H2,1-3H3,(H,26,29)/t21-/m1/s1. The summed E-state index contributed by atoms with van der Waals surface area (Å²) in [5.74, 6) is -0.288. The van der Waals surface area contributed by atoms with Gasteiger partial charge in [-0.3, -0.25) is 9.59 Å². The number of nitrogens with one attached hydrogen (secondary N) is 1. The fourth-order valence-electron chi connectivity index (χ4n) is 3.21. The van der Waals surface area contributed by atoms with Gasteiger partial charge < -0.3 is 10.2 Å². The Morgan fingerprint density at radius 3 is 2.28 bits per heavy atom. The first-order chi connectivity index (χ1) is 13.9. The Bertz CT molecular complexity index is 834. The molecule has 156 valence electrons. The van der Waals surface area contributed by atoms with E-state index < -0.39 is 6.04 Å². The Morgan fingerprint density at radius 1 is 1.03 bits per heavy atom. The summed E-state index contributed by atoms with van der Waals surface area (Å²) in [5.41, 5.74) is 2.63. The maximum absolute atomic E-state index is 13.3. The summed E-state index contributed by atoms with van der Waals surface area (Å²) in [7, 11) is 0. The van der Waals surface area contributed by atoms with Crippen molar-refractivity contribution in [1.82, 2.24) is 10.2 Å². The van der Waals surface area contributed by atoms with E-state index in [1.165, 1.54) is 0 Å². The highest BCUT2D eigenvalue weighted by molar-refractivity contribution is 6.36. The first kappa shape index (κ1) is 23.2. The van der Waals surface area contributed by atoms with Crippen LogP contribution in [0.4, 0.5) is 0 Å². The smallest absolute Gasteiger partial charge is 0.242 e. The van der Waals surface area contributed by atoms with Gasteiger partial charge >= 0.3 is 0 Å². The minimum atomic E-state index is -0.592. The number of halogens is 2. The maximum Gasteiger partial charge on any atom is 0.242 e. The van der Waals surface area contributed by atoms with Gasteiger partial charge in [-0.05, 0) is 43.0 Å². The van der Waals surface area contributed by atoms with Crippen molar-refractivity contribution < 1.29 is 9.59 Å². The molecule has 1 N–H and O–H groups in total. The predicted molar refractivity (Wildman–Crippen MR) is 119 cm³/mol. The number of hydrogen-bond donors (Lipinski definition) is 1. The zero-order chi connectivity index (χ0) is 21.4. The van der Waals surface area contributed by atoms with Crippen LogP contribution in [0, 0.1) is 6.92 Å². The Hall–Kier alpha value is -2.04. The number of amides is 2. The normalized spacial score (nSPS) is 11.8. The zero-order valence-corrected chi connectivity index (χ0v) is 18.7. The highest BCUT2D eigenvalue weighted by Crippen LogP contribution is 2.27. The van der Waals surface area contributed by atoms with E-state index in [4.69, 9.17) is 23.2 Å². The van der Waals surface area contributed by atoms with E-state index in [0.717, 1.165) is 17.5 Å². The van der Waals surface area contributed by atoms with Gasteiger partial charge in [0.05, 0.1) is 6.42 Å². The van der Waals surface area contributed by atoms with Crippen LogP contribution in [-0.2, 0) is 22.6 Å². The minimum Gasteiger partial charge on any atom is -0.354 e. The van der Waals surface area contributed by atoms with E-state index in [2.05, 4.69) is 5.32 Å². The zero-order valence-electron chi connectivity index (χ0n) is 17.2. The highest BCUT2D eigenvalue weighted by Gasteiger charge is 2.29. The number of carbonyl (C=O) groups is 2. The molecule has 0 aliphatic rings. The van der Waals surface area contributed by atoms with E-state index in [-0.39, 0.29) is 24.8 Å². The van der Waals surface area contributed by atoms with Crippen molar-refractivity contribution in [2.45, 2.75) is 52.6 Å². The summed E-state index contributed by atoms with van der Waals surface area (Å²) in [6.45, 7) is 6.62. The molecule has 0 aromatic heterocycles. The molecule has 0 aliphatic carbocycles. The average Bonchev–Trinajstić information content (AvgIpc) is 2.70. The summed E-state index contributed by atoms with van der Waals surface area (Å²) in [6.07, 6.45) is 1.54. The molecule has 0 aliphatic heterocycles. The molecule has 2 aromatic carbocycles. The van der Waals surface area contributed by atoms with Gasteiger partial charge in [-0.2, -0.15) is 0 Å². The fourth-order valence-corrected chi connectivity index (χ4v) is 3.73. The summed E-state index contributed by atoms with van der Waals surface area (Å²) in [6, 6.07) is 12.4. The van der Waals surface area contributed by atoms with E-state index in [1.807, 2.05) is 45.0 Å². The van der Waals surface area contributed by atoms with Crippen LogP contribution in [0.2, 0.25) is 10.0 Å². The molecule has 0 spiro atoms. The molecule has 2 amide bonds. The fraction of sp³-hybridized carbons (Fsp3) is 0.391. The lowest BCUT2D eigenvalue weighted by Crippen LogP contribution is -2.49. The van der Waals surface area contributed by atoms with Gasteiger partial charge in [0.2, 0.25) is 11.8 Å². The second-order valence-corrected chi connectivity index (χ2v) is 7.85. The first-order valence-electron chi connectivity index (χ1n) is 9.93. The molecule has 6 heteroatoms. The molecule has 0 unspecified atom stereocenters. The molecule has 0 fully saturated rings. The van der Waals surface area contributed by atoms with Crippen LogP contribution in [0.1, 0.15) is 43.4 Å². The Kier molecular flexibility index (Phi) is 8.99. The summed E-state index contributed by atoms with van der Waals surface area (Å²) < 4.78 is 0. The van der Waals surface area contributed by atoms with Crippen molar-refractivity contribution in [3.8, 4) is 0 Å².